The normalized spacial score (nSPS) is 34.5. The van der Waals surface area contributed by atoms with Gasteiger partial charge in [-0.1, -0.05) is 25.7 Å². The first kappa shape index (κ1) is 16.9. The molecule has 0 radical (unpaired) electrons. The van der Waals surface area contributed by atoms with Crippen molar-refractivity contribution in [1.29, 1.82) is 0 Å². The summed E-state index contributed by atoms with van der Waals surface area (Å²) in [6.07, 6.45) is 1.26. The van der Waals surface area contributed by atoms with E-state index < -0.39 is 23.9 Å². The maximum Gasteiger partial charge on any atom is 0.392 e. The highest BCUT2D eigenvalue weighted by Gasteiger charge is 2.48. The van der Waals surface area contributed by atoms with Gasteiger partial charge in [-0.25, -0.2) is 0 Å². The van der Waals surface area contributed by atoms with Crippen LogP contribution in [0.1, 0.15) is 51.4 Å². The molecule has 0 saturated heterocycles. The zero-order valence-corrected chi connectivity index (χ0v) is 12.8. The smallest absolute Gasteiger partial charge is 0.353 e. The Kier molecular flexibility index (Phi) is 5.81. The maximum atomic E-state index is 13.1. The van der Waals surface area contributed by atoms with Crippen molar-refractivity contribution in [1.82, 2.24) is 5.32 Å². The number of carbonyl (C=O) groups is 1. The average Bonchev–Trinajstić information content (AvgIpc) is 2.47. The molecule has 2 saturated carbocycles. The first-order chi connectivity index (χ1) is 9.93. The Hall–Kier alpha value is -0.450. The summed E-state index contributed by atoms with van der Waals surface area (Å²) < 4.78 is 39.2. The minimum Gasteiger partial charge on any atom is -0.353 e. The zero-order valence-electron chi connectivity index (χ0n) is 12.1. The van der Waals surface area contributed by atoms with Gasteiger partial charge in [-0.2, -0.15) is 13.2 Å². The number of halogens is 4. The van der Waals surface area contributed by atoms with E-state index in [0.29, 0.717) is 25.1 Å². The summed E-state index contributed by atoms with van der Waals surface area (Å²) in [5, 5.41) is 2.87. The van der Waals surface area contributed by atoms with E-state index in [4.69, 9.17) is 11.6 Å². The van der Waals surface area contributed by atoms with E-state index in [0.717, 1.165) is 25.7 Å². The lowest BCUT2D eigenvalue weighted by atomic mass is 9.77. The van der Waals surface area contributed by atoms with Gasteiger partial charge >= 0.3 is 6.18 Å². The van der Waals surface area contributed by atoms with Crippen molar-refractivity contribution in [3.8, 4) is 0 Å². The molecule has 2 aliphatic rings. The molecule has 0 aromatic heterocycles. The summed E-state index contributed by atoms with van der Waals surface area (Å²) in [7, 11) is 0. The van der Waals surface area contributed by atoms with Crippen LogP contribution in [0.4, 0.5) is 13.2 Å². The van der Waals surface area contributed by atoms with Crippen molar-refractivity contribution >= 4 is 17.5 Å². The molecule has 0 bridgehead atoms. The Balaban J connectivity index is 2.00. The average molecular weight is 326 g/mol. The molecule has 0 heterocycles. The molecule has 0 aromatic rings. The van der Waals surface area contributed by atoms with E-state index in [9.17, 15) is 18.0 Å². The number of amides is 1. The van der Waals surface area contributed by atoms with E-state index in [-0.39, 0.29) is 18.4 Å². The van der Waals surface area contributed by atoms with E-state index in [1.54, 1.807) is 0 Å². The molecule has 4 unspecified atom stereocenters. The molecule has 2 nitrogen and oxygen atoms in total. The molecule has 4 atom stereocenters. The van der Waals surface area contributed by atoms with Gasteiger partial charge in [0.25, 0.3) is 0 Å². The summed E-state index contributed by atoms with van der Waals surface area (Å²) in [4.78, 5) is 12.3. The van der Waals surface area contributed by atoms with Gasteiger partial charge in [0.1, 0.15) is 0 Å². The van der Waals surface area contributed by atoms with Crippen LogP contribution in [0.2, 0.25) is 0 Å². The number of alkyl halides is 4. The monoisotopic (exact) mass is 325 g/mol. The third kappa shape index (κ3) is 4.27. The summed E-state index contributed by atoms with van der Waals surface area (Å²) in [6.45, 7) is 0. The maximum absolute atomic E-state index is 13.1. The first-order valence-corrected chi connectivity index (χ1v) is 8.40. The Morgan fingerprint density at radius 2 is 1.67 bits per heavy atom. The number of hydrogen-bond donors (Lipinski definition) is 1. The fourth-order valence-corrected chi connectivity index (χ4v) is 4.08. The molecule has 1 amide bonds. The molecular weight excluding hydrogens is 303 g/mol. The lowest BCUT2D eigenvalue weighted by molar-refractivity contribution is -0.198. The summed E-state index contributed by atoms with van der Waals surface area (Å²) in [5.74, 6) is -2.17. The van der Waals surface area contributed by atoms with Crippen LogP contribution >= 0.6 is 11.6 Å². The van der Waals surface area contributed by atoms with E-state index in [1.165, 1.54) is 0 Å². The van der Waals surface area contributed by atoms with Crippen molar-refractivity contribution in [3.63, 3.8) is 0 Å². The summed E-state index contributed by atoms with van der Waals surface area (Å²) in [5.41, 5.74) is 0. The number of hydrogen-bond acceptors (Lipinski definition) is 1. The minimum atomic E-state index is -4.28. The number of nitrogens with one attached hydrogen (secondary N) is 1. The molecule has 0 aromatic carbocycles. The van der Waals surface area contributed by atoms with Crippen molar-refractivity contribution in [3.05, 3.63) is 0 Å². The van der Waals surface area contributed by atoms with Gasteiger partial charge in [0, 0.05) is 17.8 Å². The Morgan fingerprint density at radius 3 is 2.33 bits per heavy atom. The predicted octanol–water partition coefficient (Wildman–Crippen LogP) is 4.27. The molecular formula is C15H23ClF3NO. The molecule has 2 aliphatic carbocycles. The molecule has 2 rings (SSSR count). The van der Waals surface area contributed by atoms with Crippen LogP contribution in [0, 0.1) is 17.8 Å². The topological polar surface area (TPSA) is 29.1 Å². The fraction of sp³-hybridized carbons (Fsp3) is 0.933. The molecule has 1 N–H and O–H groups in total. The second kappa shape index (κ2) is 7.21. The first-order valence-electron chi connectivity index (χ1n) is 7.86. The fourth-order valence-electron chi connectivity index (χ4n) is 3.71. The van der Waals surface area contributed by atoms with Crippen molar-refractivity contribution < 1.29 is 18.0 Å². The summed E-state index contributed by atoms with van der Waals surface area (Å²) in [6, 6.07) is -0.0560. The third-order valence-corrected chi connectivity index (χ3v) is 5.35. The quantitative estimate of drug-likeness (QED) is 0.771. The van der Waals surface area contributed by atoms with Crippen LogP contribution in [-0.4, -0.2) is 24.0 Å². The van der Waals surface area contributed by atoms with Crippen LogP contribution < -0.4 is 5.32 Å². The Morgan fingerprint density at radius 1 is 1.05 bits per heavy atom. The van der Waals surface area contributed by atoms with E-state index in [2.05, 4.69) is 5.32 Å². The van der Waals surface area contributed by atoms with Gasteiger partial charge in [0.15, 0.2) is 0 Å². The van der Waals surface area contributed by atoms with Crippen molar-refractivity contribution in [2.24, 2.45) is 17.8 Å². The summed E-state index contributed by atoms with van der Waals surface area (Å²) >= 11 is 5.91. The number of rotatable bonds is 3. The van der Waals surface area contributed by atoms with Gasteiger partial charge in [-0.15, -0.1) is 11.6 Å². The van der Waals surface area contributed by atoms with E-state index >= 15 is 0 Å². The zero-order chi connectivity index (χ0) is 15.5. The highest BCUT2D eigenvalue weighted by molar-refractivity contribution is 6.18. The van der Waals surface area contributed by atoms with Gasteiger partial charge in [0.2, 0.25) is 5.91 Å². The lowest BCUT2D eigenvalue weighted by Crippen LogP contribution is -2.49. The van der Waals surface area contributed by atoms with Crippen LogP contribution in [0.5, 0.6) is 0 Å². The van der Waals surface area contributed by atoms with Crippen LogP contribution in [-0.2, 0) is 4.79 Å². The van der Waals surface area contributed by atoms with Gasteiger partial charge in [-0.05, 0) is 31.6 Å². The van der Waals surface area contributed by atoms with E-state index in [1.807, 2.05) is 0 Å². The lowest BCUT2D eigenvalue weighted by Gasteiger charge is -2.36. The molecule has 122 valence electrons. The van der Waals surface area contributed by atoms with Gasteiger partial charge in [0.05, 0.1) is 5.92 Å². The van der Waals surface area contributed by atoms with Crippen LogP contribution in [0.3, 0.4) is 0 Å². The second-order valence-corrected chi connectivity index (χ2v) is 6.66. The predicted molar refractivity (Wildman–Crippen MR) is 76.1 cm³/mol. The molecule has 6 heteroatoms. The molecule has 0 spiro atoms. The highest BCUT2D eigenvalue weighted by atomic mass is 35.5. The highest BCUT2D eigenvalue weighted by Crippen LogP contribution is 2.41. The van der Waals surface area contributed by atoms with Gasteiger partial charge < -0.3 is 5.32 Å². The van der Waals surface area contributed by atoms with Crippen LogP contribution in [0.25, 0.3) is 0 Å². The standard InChI is InChI=1S/C15H23ClF3NO/c16-9-10-5-1-4-8-13(10)20-14(21)11-6-2-3-7-12(11)15(17,18)19/h10-13H,1-9H2,(H,20,21). The molecule has 2 fully saturated rings. The SMILES string of the molecule is O=C(NC1CCCCC1CCl)C1CCCCC1C(F)(F)F. The van der Waals surface area contributed by atoms with Gasteiger partial charge in [-0.3, -0.25) is 4.79 Å². The minimum absolute atomic E-state index is 0.0560. The third-order valence-electron chi connectivity index (χ3n) is 4.96. The number of carbonyl (C=O) groups excluding carboxylic acids is 1. The molecule has 21 heavy (non-hydrogen) atoms. The largest absolute Gasteiger partial charge is 0.392 e. The van der Waals surface area contributed by atoms with Crippen molar-refractivity contribution in [2.45, 2.75) is 63.6 Å². The Labute approximate surface area is 128 Å². The van der Waals surface area contributed by atoms with Crippen LogP contribution in [0.15, 0.2) is 0 Å². The Bertz CT molecular complexity index is 361. The second-order valence-electron chi connectivity index (χ2n) is 6.35. The molecule has 0 aliphatic heterocycles. The van der Waals surface area contributed by atoms with Crippen molar-refractivity contribution in [2.75, 3.05) is 5.88 Å².